The molecule has 0 aromatic heterocycles. The van der Waals surface area contributed by atoms with E-state index in [2.05, 4.69) is 10.6 Å². The van der Waals surface area contributed by atoms with Gasteiger partial charge >= 0.3 is 12.0 Å². The maximum absolute atomic E-state index is 12.7. The lowest BCUT2D eigenvalue weighted by Gasteiger charge is -2.34. The first kappa shape index (κ1) is 22.6. The number of ether oxygens (including phenoxy) is 1. The van der Waals surface area contributed by atoms with Crippen LogP contribution in [0.4, 0.5) is 16.2 Å². The standard InChI is InChI=1S/C23H26ClN3O4/c1-15(21(28)25-20-5-3-4-17(14-20)22(29)31-2)16-10-12-27(13-11-16)23(30)26-19-8-6-18(24)7-9-19/h3-9,14-16H,10-13H2,1-2H3,(H,25,28)(H,26,30)/t15-/m0/s1. The average Bonchev–Trinajstić information content (AvgIpc) is 2.79. The maximum Gasteiger partial charge on any atom is 0.337 e. The summed E-state index contributed by atoms with van der Waals surface area (Å²) in [6.07, 6.45) is 1.48. The van der Waals surface area contributed by atoms with E-state index < -0.39 is 5.97 Å². The summed E-state index contributed by atoms with van der Waals surface area (Å²) >= 11 is 5.87. The number of nitrogens with one attached hydrogen (secondary N) is 2. The molecule has 0 unspecified atom stereocenters. The number of piperidine rings is 1. The van der Waals surface area contributed by atoms with Crippen LogP contribution in [-0.2, 0) is 9.53 Å². The van der Waals surface area contributed by atoms with Crippen LogP contribution >= 0.6 is 11.6 Å². The molecule has 3 amide bonds. The van der Waals surface area contributed by atoms with Gasteiger partial charge in [-0.2, -0.15) is 0 Å². The van der Waals surface area contributed by atoms with Crippen molar-refractivity contribution in [2.45, 2.75) is 19.8 Å². The van der Waals surface area contributed by atoms with E-state index in [-0.39, 0.29) is 23.8 Å². The van der Waals surface area contributed by atoms with Gasteiger partial charge in [0.15, 0.2) is 0 Å². The smallest absolute Gasteiger partial charge is 0.337 e. The van der Waals surface area contributed by atoms with Gasteiger partial charge in [-0.25, -0.2) is 9.59 Å². The van der Waals surface area contributed by atoms with Crippen molar-refractivity contribution in [2.75, 3.05) is 30.8 Å². The number of carbonyl (C=O) groups excluding carboxylic acids is 3. The molecular weight excluding hydrogens is 418 g/mol. The summed E-state index contributed by atoms with van der Waals surface area (Å²) in [5, 5.41) is 6.36. The van der Waals surface area contributed by atoms with Gasteiger partial charge in [0.2, 0.25) is 5.91 Å². The number of anilines is 2. The van der Waals surface area contributed by atoms with Gasteiger partial charge in [-0.1, -0.05) is 24.6 Å². The third kappa shape index (κ3) is 5.98. The summed E-state index contributed by atoms with van der Waals surface area (Å²) in [6.45, 7) is 3.06. The summed E-state index contributed by atoms with van der Waals surface area (Å²) in [5.74, 6) is -0.605. The number of rotatable bonds is 5. The molecule has 1 aliphatic heterocycles. The molecule has 0 bridgehead atoms. The number of amides is 3. The lowest BCUT2D eigenvalue weighted by molar-refractivity contribution is -0.121. The first-order chi connectivity index (χ1) is 14.9. The van der Waals surface area contributed by atoms with Crippen molar-refractivity contribution in [1.29, 1.82) is 0 Å². The molecule has 2 aromatic rings. The molecule has 7 nitrogen and oxygen atoms in total. The summed E-state index contributed by atoms with van der Waals surface area (Å²) < 4.78 is 4.72. The molecule has 1 aliphatic rings. The minimum absolute atomic E-state index is 0.105. The lowest BCUT2D eigenvalue weighted by Crippen LogP contribution is -2.43. The molecule has 0 aliphatic carbocycles. The Hall–Kier alpha value is -3.06. The van der Waals surface area contributed by atoms with Crippen LogP contribution in [0.3, 0.4) is 0 Å². The van der Waals surface area contributed by atoms with Crippen molar-refractivity contribution < 1.29 is 19.1 Å². The summed E-state index contributed by atoms with van der Waals surface area (Å²) in [6, 6.07) is 13.5. The summed E-state index contributed by atoms with van der Waals surface area (Å²) in [7, 11) is 1.32. The molecule has 2 N–H and O–H groups in total. The topological polar surface area (TPSA) is 87.7 Å². The van der Waals surface area contributed by atoms with Crippen LogP contribution in [0, 0.1) is 11.8 Å². The predicted molar refractivity (Wildman–Crippen MR) is 120 cm³/mol. The first-order valence-electron chi connectivity index (χ1n) is 10.2. The van der Waals surface area contributed by atoms with E-state index >= 15 is 0 Å². The number of nitrogens with zero attached hydrogens (tertiary/aromatic N) is 1. The van der Waals surface area contributed by atoms with E-state index in [0.29, 0.717) is 35.1 Å². The molecular formula is C23H26ClN3O4. The highest BCUT2D eigenvalue weighted by Gasteiger charge is 2.30. The second-order valence-electron chi connectivity index (χ2n) is 7.61. The van der Waals surface area contributed by atoms with Crippen molar-refractivity contribution in [3.05, 3.63) is 59.1 Å². The molecule has 164 valence electrons. The average molecular weight is 444 g/mol. The second kappa shape index (κ2) is 10.3. The van der Waals surface area contributed by atoms with E-state index in [1.165, 1.54) is 7.11 Å². The first-order valence-corrected chi connectivity index (χ1v) is 10.6. The molecule has 0 spiro atoms. The van der Waals surface area contributed by atoms with Gasteiger partial charge in [0.1, 0.15) is 0 Å². The van der Waals surface area contributed by atoms with Crippen molar-refractivity contribution in [1.82, 2.24) is 4.90 Å². The molecule has 1 fully saturated rings. The molecule has 2 aromatic carbocycles. The van der Waals surface area contributed by atoms with Crippen molar-refractivity contribution in [3.63, 3.8) is 0 Å². The van der Waals surface area contributed by atoms with Crippen LogP contribution in [0.5, 0.6) is 0 Å². The molecule has 0 radical (unpaired) electrons. The Morgan fingerprint density at radius 3 is 2.35 bits per heavy atom. The Kier molecular flexibility index (Phi) is 7.52. The fourth-order valence-electron chi connectivity index (χ4n) is 3.65. The SMILES string of the molecule is COC(=O)c1cccc(NC(=O)[C@@H](C)C2CCN(C(=O)Nc3ccc(Cl)cc3)CC2)c1. The number of hydrogen-bond donors (Lipinski definition) is 2. The quantitative estimate of drug-likeness (QED) is 0.658. The Morgan fingerprint density at radius 2 is 1.71 bits per heavy atom. The van der Waals surface area contributed by atoms with Gasteiger partial charge in [-0.05, 0) is 61.2 Å². The number of halogens is 1. The van der Waals surface area contributed by atoms with Gasteiger partial charge in [-0.3, -0.25) is 4.79 Å². The van der Waals surface area contributed by atoms with Gasteiger partial charge in [0.05, 0.1) is 12.7 Å². The fraction of sp³-hybridized carbons (Fsp3) is 0.348. The van der Waals surface area contributed by atoms with Crippen molar-refractivity contribution in [3.8, 4) is 0 Å². The zero-order valence-electron chi connectivity index (χ0n) is 17.6. The highest BCUT2D eigenvalue weighted by molar-refractivity contribution is 6.30. The van der Waals surface area contributed by atoms with E-state index in [1.807, 2.05) is 6.92 Å². The largest absolute Gasteiger partial charge is 0.465 e. The van der Waals surface area contributed by atoms with Crippen LogP contribution in [0.2, 0.25) is 5.02 Å². The number of methoxy groups -OCH3 is 1. The van der Waals surface area contributed by atoms with E-state index in [0.717, 1.165) is 12.8 Å². The molecule has 8 heteroatoms. The number of carbonyl (C=O) groups is 3. The van der Waals surface area contributed by atoms with Crippen LogP contribution in [0.25, 0.3) is 0 Å². The van der Waals surface area contributed by atoms with Crippen LogP contribution < -0.4 is 10.6 Å². The Bertz CT molecular complexity index is 940. The highest BCUT2D eigenvalue weighted by atomic mass is 35.5. The van der Waals surface area contributed by atoms with Gasteiger partial charge in [-0.15, -0.1) is 0 Å². The molecule has 1 saturated heterocycles. The van der Waals surface area contributed by atoms with Gasteiger partial charge in [0.25, 0.3) is 0 Å². The van der Waals surface area contributed by atoms with E-state index in [9.17, 15) is 14.4 Å². The van der Waals surface area contributed by atoms with E-state index in [1.54, 1.807) is 53.4 Å². The third-order valence-electron chi connectivity index (χ3n) is 5.59. The van der Waals surface area contributed by atoms with E-state index in [4.69, 9.17) is 16.3 Å². The van der Waals surface area contributed by atoms with Crippen molar-refractivity contribution in [2.24, 2.45) is 11.8 Å². The molecule has 1 atom stereocenters. The number of esters is 1. The lowest BCUT2D eigenvalue weighted by atomic mass is 9.85. The number of urea groups is 1. The Labute approximate surface area is 186 Å². The zero-order chi connectivity index (χ0) is 22.4. The molecule has 3 rings (SSSR count). The maximum atomic E-state index is 12.7. The Balaban J connectivity index is 1.50. The normalized spacial score (nSPS) is 15.1. The number of likely N-dealkylation sites (tertiary alicyclic amines) is 1. The van der Waals surface area contributed by atoms with Gasteiger partial charge in [0, 0.05) is 35.4 Å². The van der Waals surface area contributed by atoms with Crippen LogP contribution in [-0.4, -0.2) is 43.0 Å². The fourth-order valence-corrected chi connectivity index (χ4v) is 3.78. The minimum atomic E-state index is -0.451. The second-order valence-corrected chi connectivity index (χ2v) is 8.05. The van der Waals surface area contributed by atoms with Gasteiger partial charge < -0.3 is 20.3 Å². The molecule has 0 saturated carbocycles. The highest BCUT2D eigenvalue weighted by Crippen LogP contribution is 2.27. The molecule has 31 heavy (non-hydrogen) atoms. The van der Waals surface area contributed by atoms with Crippen molar-refractivity contribution >= 4 is 40.9 Å². The summed E-state index contributed by atoms with van der Waals surface area (Å²) in [4.78, 5) is 38.6. The van der Waals surface area contributed by atoms with Crippen LogP contribution in [0.1, 0.15) is 30.1 Å². The van der Waals surface area contributed by atoms with Crippen LogP contribution in [0.15, 0.2) is 48.5 Å². The minimum Gasteiger partial charge on any atom is -0.465 e. The predicted octanol–water partition coefficient (Wildman–Crippen LogP) is 4.65. The third-order valence-corrected chi connectivity index (χ3v) is 5.85. The number of benzene rings is 2. The Morgan fingerprint density at radius 1 is 1.03 bits per heavy atom. The number of hydrogen-bond acceptors (Lipinski definition) is 4. The zero-order valence-corrected chi connectivity index (χ0v) is 18.3. The monoisotopic (exact) mass is 443 g/mol. The molecule has 1 heterocycles. The summed E-state index contributed by atoms with van der Waals surface area (Å²) in [5.41, 5.74) is 1.63.